The predicted molar refractivity (Wildman–Crippen MR) is 165 cm³/mol. The van der Waals surface area contributed by atoms with Gasteiger partial charge < -0.3 is 10.2 Å². The summed E-state index contributed by atoms with van der Waals surface area (Å²) in [6.07, 6.45) is 6.91. The lowest BCUT2D eigenvalue weighted by atomic mass is 10.0. The molecule has 0 saturated carbocycles. The minimum Gasteiger partial charge on any atom is -0.356 e. The summed E-state index contributed by atoms with van der Waals surface area (Å²) in [7, 11) is 0. The molecule has 4 aromatic heterocycles. The molecule has 6 aromatic rings. The third-order valence-corrected chi connectivity index (χ3v) is 8.85. The van der Waals surface area contributed by atoms with Crippen molar-refractivity contribution in [2.45, 2.75) is 32.6 Å². The average molecular weight is 561 g/mol. The number of nitrogens with one attached hydrogen (secondary N) is 1. The van der Waals surface area contributed by atoms with Gasteiger partial charge >= 0.3 is 0 Å². The van der Waals surface area contributed by atoms with E-state index in [4.69, 9.17) is 4.98 Å². The van der Waals surface area contributed by atoms with Gasteiger partial charge in [-0.3, -0.25) is 14.0 Å². The topological polar surface area (TPSA) is 92.5 Å². The summed E-state index contributed by atoms with van der Waals surface area (Å²) in [5.41, 5.74) is 4.81. The molecule has 0 bridgehead atoms. The number of hydrogen-bond donors (Lipinski definition) is 1. The maximum absolute atomic E-state index is 13.1. The number of amides is 1. The molecule has 0 radical (unpaired) electrons. The third-order valence-electron chi connectivity index (χ3n) is 7.63. The lowest BCUT2D eigenvalue weighted by molar-refractivity contribution is -0.115. The van der Waals surface area contributed by atoms with Crippen LogP contribution in [0, 0.1) is 6.92 Å². The van der Waals surface area contributed by atoms with E-state index in [-0.39, 0.29) is 17.9 Å². The van der Waals surface area contributed by atoms with Gasteiger partial charge in [0.1, 0.15) is 17.8 Å². The van der Waals surface area contributed by atoms with Crippen LogP contribution in [0.25, 0.3) is 36.9 Å². The number of nitrogens with zero attached hydrogens (tertiary/aromatic N) is 5. The minimum absolute atomic E-state index is 0.0709. The second-order valence-corrected chi connectivity index (χ2v) is 11.5. The molecule has 1 aliphatic rings. The van der Waals surface area contributed by atoms with Crippen molar-refractivity contribution in [2.24, 2.45) is 0 Å². The Hall–Kier alpha value is -4.63. The SMILES string of the molecule is Cc1cc(CC(=O)Nc2ccc3sc4c(-c5cccn6c(=O)cc(N7CCCCC7)nc56)cccc4c3c2)ncn1. The number of thiophene rings is 1. The zero-order valence-electron chi connectivity index (χ0n) is 22.6. The van der Waals surface area contributed by atoms with Gasteiger partial charge in [-0.05, 0) is 62.6 Å². The number of aromatic nitrogens is 4. The molecule has 0 atom stereocenters. The van der Waals surface area contributed by atoms with Gasteiger partial charge in [-0.15, -0.1) is 11.3 Å². The van der Waals surface area contributed by atoms with E-state index in [2.05, 4.69) is 38.4 Å². The van der Waals surface area contributed by atoms with Crippen molar-refractivity contribution in [2.75, 3.05) is 23.3 Å². The molecule has 0 aliphatic carbocycles. The van der Waals surface area contributed by atoms with Crippen molar-refractivity contribution in [1.29, 1.82) is 0 Å². The van der Waals surface area contributed by atoms with E-state index in [0.29, 0.717) is 11.3 Å². The highest BCUT2D eigenvalue weighted by molar-refractivity contribution is 7.26. The molecule has 1 aliphatic heterocycles. The number of piperidine rings is 1. The van der Waals surface area contributed by atoms with E-state index in [1.807, 2.05) is 43.3 Å². The van der Waals surface area contributed by atoms with Crippen LogP contribution in [0.4, 0.5) is 11.5 Å². The van der Waals surface area contributed by atoms with Gasteiger partial charge in [0.15, 0.2) is 0 Å². The smallest absolute Gasteiger partial charge is 0.259 e. The Balaban J connectivity index is 1.28. The number of anilines is 2. The van der Waals surface area contributed by atoms with Crippen molar-refractivity contribution >= 4 is 54.6 Å². The summed E-state index contributed by atoms with van der Waals surface area (Å²) in [5.74, 6) is 0.627. The van der Waals surface area contributed by atoms with Gasteiger partial charge in [0.2, 0.25) is 5.91 Å². The number of rotatable bonds is 5. The van der Waals surface area contributed by atoms with Crippen LogP contribution in [0.3, 0.4) is 0 Å². The highest BCUT2D eigenvalue weighted by Gasteiger charge is 2.18. The Labute approximate surface area is 240 Å². The fourth-order valence-electron chi connectivity index (χ4n) is 5.67. The van der Waals surface area contributed by atoms with Crippen LogP contribution < -0.4 is 15.8 Å². The Morgan fingerprint density at radius 2 is 1.80 bits per heavy atom. The number of hydrogen-bond acceptors (Lipinski definition) is 7. The Morgan fingerprint density at radius 1 is 0.951 bits per heavy atom. The summed E-state index contributed by atoms with van der Waals surface area (Å²) in [6.45, 7) is 3.73. The molecular weight excluding hydrogens is 532 g/mol. The number of aryl methyl sites for hydroxylation is 1. The Kier molecular flexibility index (Phi) is 6.43. The predicted octanol–water partition coefficient (Wildman–Crippen LogP) is 6.00. The summed E-state index contributed by atoms with van der Waals surface area (Å²) < 4.78 is 3.88. The quantitative estimate of drug-likeness (QED) is 0.278. The van der Waals surface area contributed by atoms with Crippen LogP contribution in [-0.2, 0) is 11.2 Å². The van der Waals surface area contributed by atoms with E-state index in [9.17, 15) is 9.59 Å². The third kappa shape index (κ3) is 4.82. The summed E-state index contributed by atoms with van der Waals surface area (Å²) in [5, 5.41) is 5.19. The molecule has 2 aromatic carbocycles. The van der Waals surface area contributed by atoms with Gasteiger partial charge in [-0.25, -0.2) is 15.0 Å². The molecule has 0 unspecified atom stereocenters. The van der Waals surface area contributed by atoms with E-state index in [1.165, 1.54) is 12.7 Å². The molecule has 5 heterocycles. The summed E-state index contributed by atoms with van der Waals surface area (Å²) in [4.78, 5) is 41.4. The van der Waals surface area contributed by atoms with Crippen LogP contribution >= 0.6 is 11.3 Å². The zero-order valence-corrected chi connectivity index (χ0v) is 23.4. The molecule has 9 heteroatoms. The van der Waals surface area contributed by atoms with Gasteiger partial charge in [0.05, 0.1) is 12.1 Å². The summed E-state index contributed by atoms with van der Waals surface area (Å²) >= 11 is 1.70. The lowest BCUT2D eigenvalue weighted by Gasteiger charge is -2.27. The molecule has 7 rings (SSSR count). The number of pyridine rings is 1. The highest BCUT2D eigenvalue weighted by Crippen LogP contribution is 2.41. The van der Waals surface area contributed by atoms with Crippen molar-refractivity contribution in [3.05, 3.63) is 94.9 Å². The first-order chi connectivity index (χ1) is 20.0. The number of carbonyl (C=O) groups excluding carboxylic acids is 1. The van der Waals surface area contributed by atoms with Gasteiger partial charge in [0.25, 0.3) is 5.56 Å². The fraction of sp³-hybridized carbons (Fsp3) is 0.219. The zero-order chi connectivity index (χ0) is 27.9. The molecule has 204 valence electrons. The first-order valence-corrected chi connectivity index (χ1v) is 14.7. The molecule has 8 nitrogen and oxygen atoms in total. The van der Waals surface area contributed by atoms with E-state index >= 15 is 0 Å². The number of fused-ring (bicyclic) bond motifs is 4. The number of carbonyl (C=O) groups is 1. The molecule has 1 N–H and O–H groups in total. The van der Waals surface area contributed by atoms with Gasteiger partial charge in [0, 0.05) is 68.0 Å². The van der Waals surface area contributed by atoms with Crippen LogP contribution in [0.1, 0.15) is 30.7 Å². The normalized spacial score (nSPS) is 13.7. The standard InChI is InChI=1S/C32H28N6O2S/c1-20-15-22(34-19-33-20)17-29(39)35-21-10-11-27-26(16-21)24-8-5-7-23(31(24)41-27)25-9-6-14-38-30(40)18-28(36-32(25)38)37-12-3-2-4-13-37/h5-11,14-16,18-19H,2-4,12-13,17H2,1H3,(H,35,39). The van der Waals surface area contributed by atoms with E-state index in [0.717, 1.165) is 74.4 Å². The lowest BCUT2D eigenvalue weighted by Crippen LogP contribution is -2.31. The second-order valence-electron chi connectivity index (χ2n) is 10.5. The summed E-state index contributed by atoms with van der Waals surface area (Å²) in [6, 6.07) is 19.7. The molecule has 41 heavy (non-hydrogen) atoms. The second kappa shape index (κ2) is 10.4. The van der Waals surface area contributed by atoms with Crippen LogP contribution in [0.2, 0.25) is 0 Å². The molecule has 0 spiro atoms. The van der Waals surface area contributed by atoms with Crippen molar-refractivity contribution in [3.63, 3.8) is 0 Å². The highest BCUT2D eigenvalue weighted by atomic mass is 32.1. The van der Waals surface area contributed by atoms with Crippen molar-refractivity contribution in [3.8, 4) is 11.1 Å². The van der Waals surface area contributed by atoms with Gasteiger partial charge in [-0.2, -0.15) is 0 Å². The van der Waals surface area contributed by atoms with Crippen molar-refractivity contribution < 1.29 is 4.79 Å². The molecule has 1 amide bonds. The van der Waals surface area contributed by atoms with Crippen molar-refractivity contribution in [1.82, 2.24) is 19.4 Å². The Bertz CT molecular complexity index is 2010. The largest absolute Gasteiger partial charge is 0.356 e. The molecule has 1 saturated heterocycles. The first-order valence-electron chi connectivity index (χ1n) is 13.8. The maximum atomic E-state index is 13.1. The van der Waals surface area contributed by atoms with Crippen LogP contribution in [-0.4, -0.2) is 38.3 Å². The molecular formula is C32H28N6O2S. The van der Waals surface area contributed by atoms with E-state index in [1.54, 1.807) is 28.0 Å². The fourth-order valence-corrected chi connectivity index (χ4v) is 6.88. The monoisotopic (exact) mass is 560 g/mol. The average Bonchev–Trinajstić information content (AvgIpc) is 3.35. The van der Waals surface area contributed by atoms with E-state index < -0.39 is 0 Å². The van der Waals surface area contributed by atoms with Crippen LogP contribution in [0.15, 0.2) is 78.0 Å². The first kappa shape index (κ1) is 25.3. The van der Waals surface area contributed by atoms with Crippen LogP contribution in [0.5, 0.6) is 0 Å². The maximum Gasteiger partial charge on any atom is 0.259 e. The number of benzene rings is 2. The van der Waals surface area contributed by atoms with Gasteiger partial charge in [-0.1, -0.05) is 18.2 Å². The molecule has 1 fully saturated rings. The Morgan fingerprint density at radius 3 is 2.66 bits per heavy atom. The minimum atomic E-state index is -0.126.